The normalized spacial score (nSPS) is 18.1. The Morgan fingerprint density at radius 3 is 1.48 bits per heavy atom. The molecule has 0 amide bonds. The summed E-state index contributed by atoms with van der Waals surface area (Å²) in [5, 5.41) is 26.4. The van der Waals surface area contributed by atoms with Gasteiger partial charge in [0.15, 0.2) is 0 Å². The van der Waals surface area contributed by atoms with Crippen molar-refractivity contribution in [2.45, 2.75) is 137 Å². The minimum absolute atomic E-state index is 0.0649. The SMILES string of the molecule is CCCc1nc(C)cn2nc(-c3cc(=O)n4cc(C5CCNCC5)ccc4n3)cc12.Cc1cc(-c2cc(=O)n3cc(N4CCN(C)CC4)ccc3n2)cc2cn(C)nc12.Cc1cn2nc(-c3cc(=O)n4cc(C5CCC6(CCNC6)C5)ccc4n3)cc2c(C)n1.Cc1cn2nc(-c3cc(=O)n4cc(N5CC(N6CCCCC6)C5)ccc4n3)cc2c(C)n1. The molecule has 29 heteroatoms. The maximum Gasteiger partial charge on any atom is 0.258 e. The molecule has 1 spiro atoms. The quantitative estimate of drug-likeness (QED) is 0.122. The van der Waals surface area contributed by atoms with E-state index in [9.17, 15) is 19.2 Å². The summed E-state index contributed by atoms with van der Waals surface area (Å²) in [6.45, 7) is 26.8. The summed E-state index contributed by atoms with van der Waals surface area (Å²) >= 11 is 0. The van der Waals surface area contributed by atoms with Gasteiger partial charge in [0.1, 0.15) is 39.7 Å². The first-order valence-corrected chi connectivity index (χ1v) is 43.1. The second-order valence-electron chi connectivity index (χ2n) is 34.5. The van der Waals surface area contributed by atoms with Crippen molar-refractivity contribution in [1.82, 2.24) is 112 Å². The smallest absolute Gasteiger partial charge is 0.258 e. The van der Waals surface area contributed by atoms with E-state index in [-0.39, 0.29) is 22.2 Å². The van der Waals surface area contributed by atoms with E-state index in [1.54, 1.807) is 41.9 Å². The number of nitrogens with one attached hydrogen (secondary N) is 2. The number of aryl methyl sites for hydroxylation is 8. The highest BCUT2D eigenvalue weighted by molar-refractivity contribution is 5.87. The molecule has 22 rings (SSSR count). The van der Waals surface area contributed by atoms with Gasteiger partial charge >= 0.3 is 0 Å². The van der Waals surface area contributed by atoms with Crippen LogP contribution in [0.4, 0.5) is 11.4 Å². The summed E-state index contributed by atoms with van der Waals surface area (Å²) in [5.41, 5.74) is 23.3. The number of anilines is 2. The number of aromatic nitrogens is 19. The van der Waals surface area contributed by atoms with E-state index in [1.807, 2.05) is 171 Å². The number of benzene rings is 1. The third-order valence-electron chi connectivity index (χ3n) is 25.6. The molecule has 1 aliphatic carbocycles. The fourth-order valence-corrected chi connectivity index (χ4v) is 19.0. The van der Waals surface area contributed by atoms with E-state index in [1.165, 1.54) is 69.2 Å². The lowest BCUT2D eigenvalue weighted by Crippen LogP contribution is -2.60. The van der Waals surface area contributed by atoms with Crippen LogP contribution in [0, 0.1) is 47.0 Å². The first-order valence-electron chi connectivity index (χ1n) is 43.1. The molecular formula is C93H103N25O4. The maximum absolute atomic E-state index is 13.0. The lowest BCUT2D eigenvalue weighted by Gasteiger charge is -2.47. The Morgan fingerprint density at radius 1 is 0.434 bits per heavy atom. The number of likely N-dealkylation sites (N-methyl/N-ethyl adjacent to an activating group) is 1. The summed E-state index contributed by atoms with van der Waals surface area (Å²) in [5.74, 6) is 1.02. The minimum atomic E-state index is -0.0944. The zero-order valence-electron chi connectivity index (χ0n) is 70.8. The highest BCUT2D eigenvalue weighted by atomic mass is 16.1. The Balaban J connectivity index is 0.000000107. The Morgan fingerprint density at radius 2 is 0.934 bits per heavy atom. The topological polar surface area (TPSA) is 283 Å². The molecule has 16 aromatic rings. The molecule has 122 heavy (non-hydrogen) atoms. The van der Waals surface area contributed by atoms with E-state index >= 15 is 0 Å². The third-order valence-corrected chi connectivity index (χ3v) is 25.6. The van der Waals surface area contributed by atoms with Crippen LogP contribution in [0.1, 0.15) is 134 Å². The molecule has 1 saturated carbocycles. The molecular weight excluding hydrogens is 1530 g/mol. The molecule has 6 aliphatic rings. The van der Waals surface area contributed by atoms with Gasteiger partial charge in [-0.3, -0.25) is 61.3 Å². The minimum Gasteiger partial charge on any atom is -0.368 e. The second-order valence-corrected chi connectivity index (χ2v) is 34.5. The van der Waals surface area contributed by atoms with Crippen molar-refractivity contribution in [3.05, 3.63) is 245 Å². The van der Waals surface area contributed by atoms with E-state index in [2.05, 4.69) is 104 Å². The Hall–Kier alpha value is -12.6. The summed E-state index contributed by atoms with van der Waals surface area (Å²) in [7, 11) is 4.05. The van der Waals surface area contributed by atoms with Crippen molar-refractivity contribution in [1.29, 1.82) is 0 Å². The maximum atomic E-state index is 13.0. The standard InChI is InChI=1S/C24H27N7O.C24H26N6O.C23H26N6O.C22H24N6O/c1-16-12-31-22(17(2)25-16)10-21(27-31)20-11-24(32)30-15-18(6-7-23(30)26-20)29-13-19(14-29)28-8-4-3-5-9-28;1-15-12-30-21(16(2)26-15)9-20(28-30)19-10-23(31)29-13-18(3-4-22(29)27-19)17-5-6-24(11-17)7-8-25-14-24;1-3-4-18-21-11-20(27-29(21)13-15(2)25-18)19-12-23(30)28-14-17(5-6-22(28)26-19)16-7-9-24-10-8-16;1-15-10-16(11-17-13-26(3)24-22(15)17)19-12-21(29)28-14-18(4-5-20(28)23-19)27-8-6-25(2)7-9-27/h6-7,10-12,15,19H,3-5,8-9,13-14H2,1-2H3;3-4,9-10,12-13,17,25H,5-8,11,14H2,1-2H3;5-6,11-14,16,24H,3-4,7-10H2,1-2H3;4-5,10-14H,6-9H2,1-3H3. The van der Waals surface area contributed by atoms with E-state index in [0.29, 0.717) is 85.7 Å². The van der Waals surface area contributed by atoms with Crippen LogP contribution in [0.2, 0.25) is 0 Å². The average Bonchev–Trinajstić information content (AvgIpc) is 1.23. The predicted octanol–water partition coefficient (Wildman–Crippen LogP) is 11.4. The molecule has 2 atom stereocenters. The zero-order chi connectivity index (χ0) is 83.8. The van der Waals surface area contributed by atoms with E-state index < -0.39 is 0 Å². The molecule has 5 aliphatic heterocycles. The van der Waals surface area contributed by atoms with Gasteiger partial charge in [0.05, 0.1) is 109 Å². The Labute approximate surface area is 704 Å². The van der Waals surface area contributed by atoms with Gasteiger partial charge in [-0.15, -0.1) is 0 Å². The van der Waals surface area contributed by atoms with Gasteiger partial charge < -0.3 is 25.3 Å². The second kappa shape index (κ2) is 32.8. The molecule has 1 aromatic carbocycles. The molecule has 624 valence electrons. The average molecular weight is 1640 g/mol. The number of hydrogen-bond acceptors (Lipinski definition) is 21. The highest BCUT2D eigenvalue weighted by Crippen LogP contribution is 2.50. The summed E-state index contributed by atoms with van der Waals surface area (Å²) in [4.78, 5) is 94.0. The first-order chi connectivity index (χ1) is 59.1. The number of likely N-dealkylation sites (tertiary alicyclic amines) is 1. The van der Waals surface area contributed by atoms with Crippen LogP contribution in [-0.4, -0.2) is 193 Å². The van der Waals surface area contributed by atoms with Gasteiger partial charge in [0.25, 0.3) is 22.2 Å². The number of rotatable bonds is 11. The predicted molar refractivity (Wildman–Crippen MR) is 476 cm³/mol. The zero-order valence-corrected chi connectivity index (χ0v) is 70.8. The van der Waals surface area contributed by atoms with Crippen molar-refractivity contribution < 1.29 is 0 Å². The van der Waals surface area contributed by atoms with Crippen LogP contribution in [-0.2, 0) is 13.5 Å². The number of nitrogens with zero attached hydrogens (tertiary/aromatic N) is 23. The summed E-state index contributed by atoms with van der Waals surface area (Å²) < 4.78 is 13.9. The molecule has 2 unspecified atom stereocenters. The molecule has 5 saturated heterocycles. The number of piperazine rings is 1. The number of piperidine rings is 2. The highest BCUT2D eigenvalue weighted by Gasteiger charge is 2.42. The number of pyridine rings is 4. The lowest BCUT2D eigenvalue weighted by molar-refractivity contribution is 0.139. The Bertz CT molecular complexity index is 6970. The van der Waals surface area contributed by atoms with Crippen LogP contribution in [0.3, 0.4) is 0 Å². The van der Waals surface area contributed by atoms with E-state index in [0.717, 1.165) is 175 Å². The van der Waals surface area contributed by atoms with Gasteiger partial charge in [-0.05, 0) is 240 Å². The third kappa shape index (κ3) is 15.9. The van der Waals surface area contributed by atoms with Gasteiger partial charge in [0.2, 0.25) is 0 Å². The van der Waals surface area contributed by atoms with Crippen molar-refractivity contribution >= 4 is 61.4 Å². The fraction of sp³-hybridized carbons (Fsp3) is 0.387. The van der Waals surface area contributed by atoms with Crippen LogP contribution in [0.5, 0.6) is 0 Å². The number of fused-ring (bicyclic) bond motifs is 8. The van der Waals surface area contributed by atoms with Crippen molar-refractivity contribution in [2.75, 3.05) is 95.4 Å². The number of hydrogen-bond donors (Lipinski definition) is 2. The van der Waals surface area contributed by atoms with Crippen molar-refractivity contribution in [2.24, 2.45) is 12.5 Å². The van der Waals surface area contributed by atoms with Gasteiger partial charge in [-0.1, -0.05) is 31.9 Å². The molecule has 0 bridgehead atoms. The molecule has 0 radical (unpaired) electrons. The van der Waals surface area contributed by atoms with Crippen LogP contribution < -0.4 is 42.7 Å². The summed E-state index contributed by atoms with van der Waals surface area (Å²) in [6.07, 6.45) is 28.5. The molecule has 29 nitrogen and oxygen atoms in total. The van der Waals surface area contributed by atoms with Gasteiger partial charge in [-0.25, -0.2) is 33.5 Å². The largest absolute Gasteiger partial charge is 0.368 e. The first kappa shape index (κ1) is 79.2. The van der Waals surface area contributed by atoms with Crippen LogP contribution >= 0.6 is 0 Å². The van der Waals surface area contributed by atoms with Crippen LogP contribution in [0.15, 0.2) is 172 Å². The molecule has 6 fully saturated rings. The van der Waals surface area contributed by atoms with Crippen molar-refractivity contribution in [3.63, 3.8) is 0 Å². The Kier molecular flexibility index (Phi) is 21.3. The molecule has 15 aromatic heterocycles. The van der Waals surface area contributed by atoms with E-state index in [4.69, 9.17) is 19.9 Å². The fourth-order valence-electron chi connectivity index (χ4n) is 19.0. The van der Waals surface area contributed by atoms with Crippen LogP contribution in [0.25, 0.3) is 95.5 Å². The molecule has 2 N–H and O–H groups in total. The summed E-state index contributed by atoms with van der Waals surface area (Å²) in [6, 6.07) is 33.2. The molecule has 20 heterocycles. The van der Waals surface area contributed by atoms with Crippen molar-refractivity contribution in [3.8, 4) is 45.4 Å². The van der Waals surface area contributed by atoms with Gasteiger partial charge in [-0.2, -0.15) is 20.4 Å². The monoisotopic (exact) mass is 1630 g/mol. The van der Waals surface area contributed by atoms with Gasteiger partial charge in [0, 0.05) is 125 Å². The lowest BCUT2D eigenvalue weighted by atomic mass is 9.84.